The van der Waals surface area contributed by atoms with Gasteiger partial charge in [0.1, 0.15) is 5.01 Å². The zero-order valence-corrected chi connectivity index (χ0v) is 15.1. The third-order valence-corrected chi connectivity index (χ3v) is 5.88. The van der Waals surface area contributed by atoms with Crippen molar-refractivity contribution in [3.8, 4) is 0 Å². The number of ether oxygens (including phenoxy) is 1. The van der Waals surface area contributed by atoms with E-state index in [-0.39, 0.29) is 18.0 Å². The predicted molar refractivity (Wildman–Crippen MR) is 96.0 cm³/mol. The number of hydrogen-bond donors (Lipinski definition) is 1. The smallest absolute Gasteiger partial charge is 0.338 e. The predicted octanol–water partition coefficient (Wildman–Crippen LogP) is 2.95. The SMILES string of the molecule is CCOC(=O)c1ccc(S(=O)(=O)NCc2nc3ccccc3s2)cc1. The first kappa shape index (κ1) is 17.5. The summed E-state index contributed by atoms with van der Waals surface area (Å²) in [6.45, 7) is 2.09. The van der Waals surface area contributed by atoms with Gasteiger partial charge >= 0.3 is 5.97 Å². The van der Waals surface area contributed by atoms with E-state index in [2.05, 4.69) is 9.71 Å². The van der Waals surface area contributed by atoms with Gasteiger partial charge in [0.15, 0.2) is 0 Å². The van der Waals surface area contributed by atoms with Gasteiger partial charge < -0.3 is 4.74 Å². The topological polar surface area (TPSA) is 85.4 Å². The second-order valence-electron chi connectivity index (χ2n) is 5.14. The summed E-state index contributed by atoms with van der Waals surface area (Å²) in [5.41, 5.74) is 1.16. The summed E-state index contributed by atoms with van der Waals surface area (Å²) < 4.78 is 33.2. The van der Waals surface area contributed by atoms with Crippen molar-refractivity contribution in [2.24, 2.45) is 0 Å². The van der Waals surface area contributed by atoms with Crippen LogP contribution >= 0.6 is 11.3 Å². The second kappa shape index (κ2) is 7.30. The number of carbonyl (C=O) groups is 1. The van der Waals surface area contributed by atoms with E-state index in [1.165, 1.54) is 35.6 Å². The van der Waals surface area contributed by atoms with Crippen molar-refractivity contribution in [1.29, 1.82) is 0 Å². The Morgan fingerprint density at radius 2 is 1.88 bits per heavy atom. The Kier molecular flexibility index (Phi) is 5.12. The number of nitrogens with one attached hydrogen (secondary N) is 1. The molecule has 1 heterocycles. The molecule has 0 bridgehead atoms. The summed E-state index contributed by atoms with van der Waals surface area (Å²) in [6, 6.07) is 13.3. The van der Waals surface area contributed by atoms with E-state index in [4.69, 9.17) is 4.74 Å². The van der Waals surface area contributed by atoms with Crippen LogP contribution in [-0.4, -0.2) is 26.0 Å². The number of hydrogen-bond acceptors (Lipinski definition) is 6. The first-order valence-corrected chi connectivity index (χ1v) is 9.91. The number of carbonyl (C=O) groups excluding carboxylic acids is 1. The summed E-state index contributed by atoms with van der Waals surface area (Å²) in [5.74, 6) is -0.478. The molecule has 0 spiro atoms. The molecule has 0 aliphatic rings. The molecule has 0 amide bonds. The van der Waals surface area contributed by atoms with Crippen molar-refractivity contribution in [2.75, 3.05) is 6.61 Å². The molecular weight excluding hydrogens is 360 g/mol. The minimum absolute atomic E-state index is 0.0849. The summed E-state index contributed by atoms with van der Waals surface area (Å²) >= 11 is 1.45. The van der Waals surface area contributed by atoms with Gasteiger partial charge in [0.05, 0.1) is 33.8 Å². The van der Waals surface area contributed by atoms with Crippen molar-refractivity contribution in [3.63, 3.8) is 0 Å². The van der Waals surface area contributed by atoms with Gasteiger partial charge in [0.2, 0.25) is 10.0 Å². The number of aromatic nitrogens is 1. The molecule has 0 saturated carbocycles. The van der Waals surface area contributed by atoms with Crippen LogP contribution < -0.4 is 4.72 Å². The van der Waals surface area contributed by atoms with Crippen LogP contribution in [0.15, 0.2) is 53.4 Å². The molecule has 0 saturated heterocycles. The number of rotatable bonds is 6. The Bertz CT molecular complexity index is 962. The van der Waals surface area contributed by atoms with Crippen LogP contribution in [0.5, 0.6) is 0 Å². The molecule has 0 unspecified atom stereocenters. The Balaban J connectivity index is 1.71. The Morgan fingerprint density at radius 3 is 2.56 bits per heavy atom. The fourth-order valence-corrected chi connectivity index (χ4v) is 4.21. The molecule has 8 heteroatoms. The van der Waals surface area contributed by atoms with E-state index < -0.39 is 16.0 Å². The van der Waals surface area contributed by atoms with E-state index in [9.17, 15) is 13.2 Å². The van der Waals surface area contributed by atoms with Crippen LogP contribution in [0.1, 0.15) is 22.3 Å². The summed E-state index contributed by atoms with van der Waals surface area (Å²) in [7, 11) is -3.69. The molecule has 0 aliphatic heterocycles. The largest absolute Gasteiger partial charge is 0.462 e. The number of nitrogens with zero attached hydrogens (tertiary/aromatic N) is 1. The molecule has 6 nitrogen and oxygen atoms in total. The number of benzene rings is 2. The number of thiazole rings is 1. The van der Waals surface area contributed by atoms with Crippen molar-refractivity contribution >= 4 is 37.5 Å². The molecule has 0 radical (unpaired) electrons. The zero-order valence-electron chi connectivity index (χ0n) is 13.4. The van der Waals surface area contributed by atoms with Gasteiger partial charge in [-0.05, 0) is 43.3 Å². The fourth-order valence-electron chi connectivity index (χ4n) is 2.22. The Labute approximate surface area is 149 Å². The molecule has 130 valence electrons. The second-order valence-corrected chi connectivity index (χ2v) is 8.03. The first-order chi connectivity index (χ1) is 12.0. The van der Waals surface area contributed by atoms with E-state index in [1.807, 2.05) is 24.3 Å². The van der Waals surface area contributed by atoms with Crippen LogP contribution in [0.4, 0.5) is 0 Å². The average molecular weight is 376 g/mol. The molecule has 2 aromatic carbocycles. The lowest BCUT2D eigenvalue weighted by molar-refractivity contribution is 0.0526. The van der Waals surface area contributed by atoms with Crippen LogP contribution in [-0.2, 0) is 21.3 Å². The highest BCUT2D eigenvalue weighted by atomic mass is 32.2. The van der Waals surface area contributed by atoms with Crippen molar-refractivity contribution in [3.05, 3.63) is 59.1 Å². The maximum absolute atomic E-state index is 12.4. The lowest BCUT2D eigenvalue weighted by Gasteiger charge is -2.06. The molecule has 1 N–H and O–H groups in total. The Hall–Kier alpha value is -2.29. The third-order valence-electron chi connectivity index (χ3n) is 3.43. The highest BCUT2D eigenvalue weighted by Gasteiger charge is 2.16. The highest BCUT2D eigenvalue weighted by molar-refractivity contribution is 7.89. The van der Waals surface area contributed by atoms with E-state index >= 15 is 0 Å². The molecule has 0 fully saturated rings. The minimum Gasteiger partial charge on any atom is -0.462 e. The normalized spacial score (nSPS) is 11.6. The van der Waals surface area contributed by atoms with Crippen LogP contribution in [0.25, 0.3) is 10.2 Å². The van der Waals surface area contributed by atoms with E-state index in [0.717, 1.165) is 10.2 Å². The van der Waals surface area contributed by atoms with Crippen LogP contribution in [0, 0.1) is 0 Å². The Morgan fingerprint density at radius 1 is 1.16 bits per heavy atom. The number of fused-ring (bicyclic) bond motifs is 1. The summed E-state index contributed by atoms with van der Waals surface area (Å²) in [4.78, 5) is 16.1. The average Bonchev–Trinajstić information content (AvgIpc) is 3.03. The molecule has 3 rings (SSSR count). The standard InChI is InChI=1S/C17H16N2O4S2/c1-2-23-17(20)12-7-9-13(10-8-12)25(21,22)18-11-16-19-14-5-3-4-6-15(14)24-16/h3-10,18H,2,11H2,1H3. The van der Waals surface area contributed by atoms with Crippen molar-refractivity contribution < 1.29 is 17.9 Å². The van der Waals surface area contributed by atoms with Gasteiger partial charge in [-0.15, -0.1) is 11.3 Å². The van der Waals surface area contributed by atoms with Crippen molar-refractivity contribution in [1.82, 2.24) is 9.71 Å². The van der Waals surface area contributed by atoms with Gasteiger partial charge in [0.25, 0.3) is 0 Å². The molecule has 1 aromatic heterocycles. The van der Waals surface area contributed by atoms with Gasteiger partial charge in [0, 0.05) is 0 Å². The number of para-hydroxylation sites is 1. The lowest BCUT2D eigenvalue weighted by atomic mass is 10.2. The molecule has 0 aliphatic carbocycles. The monoisotopic (exact) mass is 376 g/mol. The lowest BCUT2D eigenvalue weighted by Crippen LogP contribution is -2.23. The quantitative estimate of drug-likeness (QED) is 0.669. The van der Waals surface area contributed by atoms with Gasteiger partial charge in [-0.2, -0.15) is 0 Å². The van der Waals surface area contributed by atoms with Crippen LogP contribution in [0.3, 0.4) is 0 Å². The third kappa shape index (κ3) is 4.04. The highest BCUT2D eigenvalue weighted by Crippen LogP contribution is 2.22. The maximum atomic E-state index is 12.4. The zero-order chi connectivity index (χ0) is 17.9. The maximum Gasteiger partial charge on any atom is 0.338 e. The summed E-state index contributed by atoms with van der Waals surface area (Å²) in [5, 5.41) is 0.688. The van der Waals surface area contributed by atoms with Gasteiger partial charge in [-0.25, -0.2) is 22.9 Å². The van der Waals surface area contributed by atoms with Gasteiger partial charge in [-0.1, -0.05) is 12.1 Å². The van der Waals surface area contributed by atoms with E-state index in [0.29, 0.717) is 10.6 Å². The molecule has 3 aromatic rings. The van der Waals surface area contributed by atoms with E-state index in [1.54, 1.807) is 6.92 Å². The first-order valence-electron chi connectivity index (χ1n) is 7.61. The fraction of sp³-hybridized carbons (Fsp3) is 0.176. The van der Waals surface area contributed by atoms with Crippen LogP contribution in [0.2, 0.25) is 0 Å². The molecular formula is C17H16N2O4S2. The van der Waals surface area contributed by atoms with Gasteiger partial charge in [-0.3, -0.25) is 0 Å². The number of sulfonamides is 1. The summed E-state index contributed by atoms with van der Waals surface area (Å²) in [6.07, 6.45) is 0. The number of esters is 1. The van der Waals surface area contributed by atoms with Crippen molar-refractivity contribution in [2.45, 2.75) is 18.4 Å². The molecule has 25 heavy (non-hydrogen) atoms. The molecule has 0 atom stereocenters. The minimum atomic E-state index is -3.69.